The Morgan fingerprint density at radius 2 is 2.00 bits per heavy atom. The Balaban J connectivity index is 1.79. The molecule has 4 rings (SSSR count). The summed E-state index contributed by atoms with van der Waals surface area (Å²) in [5.41, 5.74) is 1.52. The van der Waals surface area contributed by atoms with Gasteiger partial charge in [0.05, 0.1) is 29.3 Å². The van der Waals surface area contributed by atoms with Crippen LogP contribution in [0.2, 0.25) is 5.02 Å². The van der Waals surface area contributed by atoms with Gasteiger partial charge in [0.25, 0.3) is 5.91 Å². The van der Waals surface area contributed by atoms with Crippen LogP contribution in [0.5, 0.6) is 5.75 Å². The first-order valence-corrected chi connectivity index (χ1v) is 11.4. The molecule has 3 heterocycles. The van der Waals surface area contributed by atoms with Crippen LogP contribution >= 0.6 is 22.9 Å². The first-order chi connectivity index (χ1) is 15.0. The Hall–Kier alpha value is -2.26. The van der Waals surface area contributed by atoms with E-state index >= 15 is 0 Å². The summed E-state index contributed by atoms with van der Waals surface area (Å²) in [4.78, 5) is 27.9. The fraction of sp³-hybridized carbons (Fsp3) is 0.409. The molecule has 1 aliphatic heterocycles. The monoisotopic (exact) mass is 460 g/mol. The molecule has 7 nitrogen and oxygen atoms in total. The number of fused-ring (bicyclic) bond motifs is 1. The number of thiophene rings is 1. The summed E-state index contributed by atoms with van der Waals surface area (Å²) in [7, 11) is 3.97. The minimum atomic E-state index is -0.0511. The van der Waals surface area contributed by atoms with Gasteiger partial charge in [-0.25, -0.2) is 9.97 Å². The quantitative estimate of drug-likeness (QED) is 0.558. The van der Waals surface area contributed by atoms with Crippen molar-refractivity contribution in [3.63, 3.8) is 0 Å². The van der Waals surface area contributed by atoms with Crippen LogP contribution in [0, 0.1) is 6.92 Å². The number of amides is 1. The minimum Gasteiger partial charge on any atom is -0.490 e. The second kappa shape index (κ2) is 9.48. The van der Waals surface area contributed by atoms with E-state index in [1.807, 2.05) is 55.1 Å². The molecule has 0 atom stereocenters. The summed E-state index contributed by atoms with van der Waals surface area (Å²) >= 11 is 7.72. The van der Waals surface area contributed by atoms with Gasteiger partial charge >= 0.3 is 0 Å². The van der Waals surface area contributed by atoms with Crippen LogP contribution in [0.15, 0.2) is 24.3 Å². The molecular formula is C22H25ClN4O3S. The standard InChI is InChI=1S/C22H25ClN4O3S/c1-14-17-18(30-13-8-26(2)3)19(22(28)27-9-11-29-12-10-27)31-21(17)25-20(24-14)15-6-4-5-7-16(15)23/h4-7H,8-13H2,1-3H3. The van der Waals surface area contributed by atoms with Gasteiger partial charge in [-0.15, -0.1) is 11.3 Å². The first kappa shape index (κ1) is 22.0. The Kier molecular flexibility index (Phi) is 6.71. The third-order valence-corrected chi connectivity index (χ3v) is 6.46. The first-order valence-electron chi connectivity index (χ1n) is 10.2. The van der Waals surface area contributed by atoms with Crippen molar-refractivity contribution < 1.29 is 14.3 Å². The van der Waals surface area contributed by atoms with Gasteiger partial charge in [0.1, 0.15) is 16.3 Å². The molecule has 3 aromatic rings. The topological polar surface area (TPSA) is 67.8 Å². The van der Waals surface area contributed by atoms with Crippen LogP contribution < -0.4 is 4.74 Å². The van der Waals surface area contributed by atoms with Crippen molar-refractivity contribution in [1.29, 1.82) is 0 Å². The van der Waals surface area contributed by atoms with Gasteiger partial charge in [0, 0.05) is 25.2 Å². The molecule has 31 heavy (non-hydrogen) atoms. The Morgan fingerprint density at radius 3 is 2.71 bits per heavy atom. The molecule has 0 bridgehead atoms. The maximum atomic E-state index is 13.3. The largest absolute Gasteiger partial charge is 0.490 e. The minimum absolute atomic E-state index is 0.0511. The summed E-state index contributed by atoms with van der Waals surface area (Å²) in [6.07, 6.45) is 0. The SMILES string of the molecule is Cc1nc(-c2ccccc2Cl)nc2sc(C(=O)N3CCOCC3)c(OCCN(C)C)c12. The molecule has 0 saturated carbocycles. The molecule has 0 radical (unpaired) electrons. The molecule has 1 amide bonds. The van der Waals surface area contributed by atoms with Gasteiger partial charge in [0.2, 0.25) is 0 Å². The lowest BCUT2D eigenvalue weighted by Crippen LogP contribution is -2.40. The lowest BCUT2D eigenvalue weighted by Gasteiger charge is -2.26. The van der Waals surface area contributed by atoms with Crippen LogP contribution in [-0.2, 0) is 4.74 Å². The molecule has 2 aromatic heterocycles. The maximum absolute atomic E-state index is 13.3. The molecule has 0 N–H and O–H groups in total. The van der Waals surface area contributed by atoms with Crippen LogP contribution in [0.4, 0.5) is 0 Å². The highest BCUT2D eigenvalue weighted by molar-refractivity contribution is 7.21. The average Bonchev–Trinajstić information content (AvgIpc) is 3.13. The summed E-state index contributed by atoms with van der Waals surface area (Å²) < 4.78 is 11.5. The lowest BCUT2D eigenvalue weighted by molar-refractivity contribution is 0.0304. The van der Waals surface area contributed by atoms with Crippen molar-refractivity contribution in [3.8, 4) is 17.1 Å². The predicted octanol–water partition coefficient (Wildman–Crippen LogP) is 3.73. The van der Waals surface area contributed by atoms with Gasteiger partial charge in [-0.05, 0) is 33.2 Å². The van der Waals surface area contributed by atoms with E-state index in [9.17, 15) is 4.79 Å². The van der Waals surface area contributed by atoms with Gasteiger partial charge in [-0.3, -0.25) is 4.79 Å². The molecule has 1 aliphatic rings. The predicted molar refractivity (Wildman–Crippen MR) is 123 cm³/mol. The highest BCUT2D eigenvalue weighted by atomic mass is 35.5. The number of halogens is 1. The molecular weight excluding hydrogens is 436 g/mol. The van der Waals surface area contributed by atoms with Crippen LogP contribution in [-0.4, -0.2) is 79.2 Å². The van der Waals surface area contributed by atoms with Crippen molar-refractivity contribution in [1.82, 2.24) is 19.8 Å². The number of carbonyl (C=O) groups excluding carboxylic acids is 1. The third-order valence-electron chi connectivity index (χ3n) is 5.08. The van der Waals surface area contributed by atoms with Crippen molar-refractivity contribution >= 4 is 39.1 Å². The van der Waals surface area contributed by atoms with Gasteiger partial charge in [-0.1, -0.05) is 23.7 Å². The highest BCUT2D eigenvalue weighted by Gasteiger charge is 2.28. The van der Waals surface area contributed by atoms with Crippen molar-refractivity contribution in [2.24, 2.45) is 0 Å². The Labute approximate surface area is 190 Å². The summed E-state index contributed by atoms with van der Waals surface area (Å²) in [6.45, 7) is 5.35. The van der Waals surface area contributed by atoms with E-state index in [1.54, 1.807) is 0 Å². The number of ether oxygens (including phenoxy) is 2. The molecule has 164 valence electrons. The van der Waals surface area contributed by atoms with Crippen molar-refractivity contribution in [3.05, 3.63) is 39.9 Å². The zero-order valence-electron chi connectivity index (χ0n) is 17.9. The number of rotatable bonds is 6. The van der Waals surface area contributed by atoms with Crippen molar-refractivity contribution in [2.45, 2.75) is 6.92 Å². The molecule has 0 unspecified atom stereocenters. The highest BCUT2D eigenvalue weighted by Crippen LogP contribution is 2.40. The average molecular weight is 461 g/mol. The number of hydrogen-bond donors (Lipinski definition) is 0. The van der Waals surface area contributed by atoms with E-state index in [2.05, 4.69) is 0 Å². The number of aryl methyl sites for hydroxylation is 1. The van der Waals surface area contributed by atoms with Gasteiger partial charge in [-0.2, -0.15) is 0 Å². The number of hydrogen-bond acceptors (Lipinski definition) is 7. The molecule has 0 spiro atoms. The zero-order chi connectivity index (χ0) is 22.0. The smallest absolute Gasteiger partial charge is 0.268 e. The fourth-order valence-corrected chi connectivity index (χ4v) is 4.78. The molecule has 9 heteroatoms. The van der Waals surface area contributed by atoms with E-state index in [0.29, 0.717) is 54.4 Å². The van der Waals surface area contributed by atoms with Gasteiger partial charge < -0.3 is 19.3 Å². The Morgan fingerprint density at radius 1 is 1.26 bits per heavy atom. The summed E-state index contributed by atoms with van der Waals surface area (Å²) in [6, 6.07) is 7.49. The number of likely N-dealkylation sites (N-methyl/N-ethyl adjacent to an activating group) is 1. The summed E-state index contributed by atoms with van der Waals surface area (Å²) in [5.74, 6) is 1.06. The van der Waals surface area contributed by atoms with Crippen LogP contribution in [0.3, 0.4) is 0 Å². The number of morpholine rings is 1. The fourth-order valence-electron chi connectivity index (χ4n) is 3.42. The number of aromatic nitrogens is 2. The number of nitrogens with zero attached hydrogens (tertiary/aromatic N) is 4. The summed E-state index contributed by atoms with van der Waals surface area (Å²) in [5, 5.41) is 1.38. The molecule has 1 fully saturated rings. The van der Waals surface area contributed by atoms with E-state index in [-0.39, 0.29) is 5.91 Å². The van der Waals surface area contributed by atoms with Gasteiger partial charge in [0.15, 0.2) is 11.6 Å². The van der Waals surface area contributed by atoms with E-state index in [1.165, 1.54) is 11.3 Å². The van der Waals surface area contributed by atoms with Crippen LogP contribution in [0.25, 0.3) is 21.6 Å². The van der Waals surface area contributed by atoms with E-state index in [0.717, 1.165) is 28.0 Å². The third kappa shape index (κ3) is 4.67. The Bertz CT molecular complexity index is 1100. The maximum Gasteiger partial charge on any atom is 0.268 e. The van der Waals surface area contributed by atoms with Crippen molar-refractivity contribution in [2.75, 3.05) is 53.6 Å². The normalized spacial score (nSPS) is 14.4. The number of benzene rings is 1. The molecule has 1 saturated heterocycles. The zero-order valence-corrected chi connectivity index (χ0v) is 19.4. The number of carbonyl (C=O) groups is 1. The molecule has 1 aromatic carbocycles. The van der Waals surface area contributed by atoms with Crippen LogP contribution in [0.1, 0.15) is 15.4 Å². The lowest BCUT2D eigenvalue weighted by atomic mass is 10.2. The second-order valence-corrected chi connectivity index (χ2v) is 9.02. The van der Waals surface area contributed by atoms with E-state index < -0.39 is 0 Å². The molecule has 0 aliphatic carbocycles. The van der Waals surface area contributed by atoms with E-state index in [4.69, 9.17) is 31.0 Å². The second-order valence-electron chi connectivity index (χ2n) is 7.61.